The van der Waals surface area contributed by atoms with E-state index in [4.69, 9.17) is 34.8 Å². The molecule has 0 aliphatic rings. The minimum Gasteiger partial charge on any atom is -0.105 e. The molecule has 0 saturated carbocycles. The van der Waals surface area contributed by atoms with Crippen molar-refractivity contribution in [3.8, 4) is 0 Å². The summed E-state index contributed by atoms with van der Waals surface area (Å²) in [6.45, 7) is 0. The minimum absolute atomic E-state index is 0.324. The van der Waals surface area contributed by atoms with E-state index >= 15 is 0 Å². The fourth-order valence-corrected chi connectivity index (χ4v) is 0.463. The highest BCUT2D eigenvalue weighted by molar-refractivity contribution is 6.44. The van der Waals surface area contributed by atoms with E-state index in [1.165, 1.54) is 5.54 Å². The first-order chi connectivity index (χ1) is 3.27. The van der Waals surface area contributed by atoms with Crippen LogP contribution < -0.4 is 0 Å². The van der Waals surface area contributed by atoms with E-state index in [1.54, 1.807) is 6.08 Å². The maximum Gasteiger partial charge on any atom is 0.111 e. The van der Waals surface area contributed by atoms with Crippen molar-refractivity contribution in [3.63, 3.8) is 0 Å². The third-order valence-corrected chi connectivity index (χ3v) is 0.938. The Morgan fingerprint density at radius 2 is 2.00 bits per heavy atom. The van der Waals surface area contributed by atoms with Crippen molar-refractivity contribution in [2.24, 2.45) is 0 Å². The highest BCUT2D eigenvalue weighted by Crippen LogP contribution is 2.06. The van der Waals surface area contributed by atoms with Crippen LogP contribution in [0, 0.1) is 0 Å². The Kier molecular flexibility index (Phi) is 5.18. The number of allylic oxidation sites excluding steroid dienone is 1. The summed E-state index contributed by atoms with van der Waals surface area (Å²) in [6.07, 6.45) is 2.32. The average molecular weight is 159 g/mol. The third kappa shape index (κ3) is 6.61. The molecule has 0 aromatic carbocycles. The van der Waals surface area contributed by atoms with Crippen LogP contribution in [0.1, 0.15) is 6.42 Å². The van der Waals surface area contributed by atoms with Crippen molar-refractivity contribution in [2.45, 2.75) is 11.3 Å². The molecule has 0 N–H and O–H groups in total. The van der Waals surface area contributed by atoms with E-state index in [0.717, 1.165) is 0 Å². The van der Waals surface area contributed by atoms with Gasteiger partial charge in [-0.15, -0.1) is 23.2 Å². The van der Waals surface area contributed by atoms with Crippen LogP contribution in [-0.2, 0) is 0 Å². The monoisotopic (exact) mass is 158 g/mol. The predicted octanol–water partition coefficient (Wildman–Crippen LogP) is 2.93. The van der Waals surface area contributed by atoms with Crippen LogP contribution in [0.2, 0.25) is 0 Å². The van der Waals surface area contributed by atoms with Crippen molar-refractivity contribution in [3.05, 3.63) is 11.6 Å². The molecule has 0 heterocycles. The largest absolute Gasteiger partial charge is 0.111 e. The van der Waals surface area contributed by atoms with Gasteiger partial charge in [0, 0.05) is 5.54 Å². The molecule has 0 spiro atoms. The lowest BCUT2D eigenvalue weighted by Crippen LogP contribution is -1.78. The van der Waals surface area contributed by atoms with Gasteiger partial charge in [-0.05, 0) is 6.42 Å². The SMILES string of the molecule is Cl/C=C/CC(Cl)Cl. The Labute approximate surface area is 58.1 Å². The van der Waals surface area contributed by atoms with Gasteiger partial charge < -0.3 is 0 Å². The van der Waals surface area contributed by atoms with Gasteiger partial charge in [0.2, 0.25) is 0 Å². The van der Waals surface area contributed by atoms with Crippen LogP contribution in [0.25, 0.3) is 0 Å². The van der Waals surface area contributed by atoms with Crippen LogP contribution in [0.5, 0.6) is 0 Å². The molecule has 0 rings (SSSR count). The van der Waals surface area contributed by atoms with Crippen LogP contribution in [-0.4, -0.2) is 4.84 Å². The van der Waals surface area contributed by atoms with Crippen LogP contribution in [0.15, 0.2) is 11.6 Å². The summed E-state index contributed by atoms with van der Waals surface area (Å²) in [7, 11) is 0. The number of hydrogen-bond acceptors (Lipinski definition) is 0. The zero-order valence-electron chi connectivity index (χ0n) is 3.57. The first-order valence-electron chi connectivity index (χ1n) is 1.80. The zero-order valence-corrected chi connectivity index (χ0v) is 5.84. The van der Waals surface area contributed by atoms with Gasteiger partial charge in [-0.3, -0.25) is 0 Å². The molecule has 0 aromatic rings. The van der Waals surface area contributed by atoms with Crippen molar-refractivity contribution < 1.29 is 0 Å². The van der Waals surface area contributed by atoms with Crippen molar-refractivity contribution in [1.82, 2.24) is 0 Å². The summed E-state index contributed by atoms with van der Waals surface area (Å²) in [5.41, 5.74) is 1.40. The number of hydrogen-bond donors (Lipinski definition) is 0. The van der Waals surface area contributed by atoms with Gasteiger partial charge in [-0.25, -0.2) is 0 Å². The Hall–Kier alpha value is 0.610. The molecule has 0 amide bonds. The highest BCUT2D eigenvalue weighted by Gasteiger charge is 1.90. The Balaban J connectivity index is 2.97. The van der Waals surface area contributed by atoms with E-state index in [1.807, 2.05) is 0 Å². The summed E-state index contributed by atoms with van der Waals surface area (Å²) in [4.78, 5) is -0.324. The van der Waals surface area contributed by atoms with Gasteiger partial charge in [-0.2, -0.15) is 0 Å². The maximum absolute atomic E-state index is 5.31. The number of alkyl halides is 2. The normalized spacial score (nSPS) is 11.4. The van der Waals surface area contributed by atoms with Crippen LogP contribution in [0.3, 0.4) is 0 Å². The second-order valence-corrected chi connectivity index (χ2v) is 2.52. The second-order valence-electron chi connectivity index (χ2n) is 0.988. The lowest BCUT2D eigenvalue weighted by molar-refractivity contribution is 1.16. The summed E-state index contributed by atoms with van der Waals surface area (Å²) >= 11 is 15.8. The minimum atomic E-state index is -0.324. The Morgan fingerprint density at radius 1 is 1.43 bits per heavy atom. The Morgan fingerprint density at radius 3 is 2.14 bits per heavy atom. The molecule has 3 heteroatoms. The molecule has 0 aromatic heterocycles. The Bertz CT molecular complexity index is 58.0. The topological polar surface area (TPSA) is 0 Å². The van der Waals surface area contributed by atoms with Crippen molar-refractivity contribution >= 4 is 34.8 Å². The first kappa shape index (κ1) is 7.61. The predicted molar refractivity (Wildman–Crippen MR) is 35.1 cm³/mol. The van der Waals surface area contributed by atoms with E-state index in [0.29, 0.717) is 6.42 Å². The zero-order chi connectivity index (χ0) is 5.70. The highest BCUT2D eigenvalue weighted by atomic mass is 35.5. The summed E-state index contributed by atoms with van der Waals surface area (Å²) < 4.78 is 0. The van der Waals surface area contributed by atoms with Gasteiger partial charge in [0.15, 0.2) is 0 Å². The summed E-state index contributed by atoms with van der Waals surface area (Å²) in [5.74, 6) is 0. The lowest BCUT2D eigenvalue weighted by Gasteiger charge is -1.87. The quantitative estimate of drug-likeness (QED) is 0.544. The van der Waals surface area contributed by atoms with Crippen LogP contribution in [0.4, 0.5) is 0 Å². The number of halogens is 3. The molecule has 0 aliphatic carbocycles. The molecule has 0 unspecified atom stereocenters. The average Bonchev–Trinajstić information content (AvgIpc) is 1.61. The summed E-state index contributed by atoms with van der Waals surface area (Å²) in [6, 6.07) is 0. The lowest BCUT2D eigenvalue weighted by atomic mass is 10.5. The molecule has 0 bridgehead atoms. The molecule has 0 saturated heterocycles. The van der Waals surface area contributed by atoms with Gasteiger partial charge in [0.05, 0.1) is 0 Å². The van der Waals surface area contributed by atoms with Crippen LogP contribution >= 0.6 is 34.8 Å². The molecule has 0 aliphatic heterocycles. The summed E-state index contributed by atoms with van der Waals surface area (Å²) in [5, 5.41) is 0. The van der Waals surface area contributed by atoms with Crippen molar-refractivity contribution in [2.75, 3.05) is 0 Å². The molecule has 42 valence electrons. The first-order valence-corrected chi connectivity index (χ1v) is 3.11. The van der Waals surface area contributed by atoms with Gasteiger partial charge in [0.25, 0.3) is 0 Å². The second kappa shape index (κ2) is 4.76. The fourth-order valence-electron chi connectivity index (χ4n) is 0.154. The smallest absolute Gasteiger partial charge is 0.105 e. The van der Waals surface area contributed by atoms with Gasteiger partial charge >= 0.3 is 0 Å². The molecular weight excluding hydrogens is 154 g/mol. The van der Waals surface area contributed by atoms with Gasteiger partial charge in [-0.1, -0.05) is 17.7 Å². The molecule has 0 atom stereocenters. The molecule has 0 fully saturated rings. The van der Waals surface area contributed by atoms with E-state index in [-0.39, 0.29) is 4.84 Å². The number of rotatable bonds is 2. The van der Waals surface area contributed by atoms with E-state index in [2.05, 4.69) is 0 Å². The maximum atomic E-state index is 5.31. The van der Waals surface area contributed by atoms with E-state index in [9.17, 15) is 0 Å². The molecular formula is C4H5Cl3. The molecule has 0 nitrogen and oxygen atoms in total. The van der Waals surface area contributed by atoms with Gasteiger partial charge in [0.1, 0.15) is 4.84 Å². The van der Waals surface area contributed by atoms with Crippen molar-refractivity contribution in [1.29, 1.82) is 0 Å². The molecule has 0 radical (unpaired) electrons. The molecule has 7 heavy (non-hydrogen) atoms. The third-order valence-electron chi connectivity index (χ3n) is 0.403. The van der Waals surface area contributed by atoms with E-state index < -0.39 is 0 Å². The standard InChI is InChI=1S/C4H5Cl3/c5-3-1-2-4(6)7/h1,3-4H,2H2/b3-1+. The fraction of sp³-hybridized carbons (Fsp3) is 0.500.